The van der Waals surface area contributed by atoms with E-state index in [-0.39, 0.29) is 43.9 Å². The second-order valence-corrected chi connectivity index (χ2v) is 10.9. The Morgan fingerprint density at radius 2 is 1.82 bits per heavy atom. The molecule has 1 atom stereocenters. The van der Waals surface area contributed by atoms with Gasteiger partial charge in [0.1, 0.15) is 25.4 Å². The van der Waals surface area contributed by atoms with Crippen LogP contribution in [0.15, 0.2) is 67.0 Å². The number of aromatic nitrogens is 4. The lowest BCUT2D eigenvalue weighted by Crippen LogP contribution is -2.37. The number of halogens is 6. The van der Waals surface area contributed by atoms with Crippen LogP contribution in [0.3, 0.4) is 0 Å². The zero-order chi connectivity index (χ0) is 31.2. The fourth-order valence-electron chi connectivity index (χ4n) is 4.71. The minimum Gasteiger partial charge on any atom is -0.402 e. The lowest BCUT2D eigenvalue weighted by molar-refractivity contribution is -0.274. The third-order valence-corrected chi connectivity index (χ3v) is 7.55. The van der Waals surface area contributed by atoms with E-state index >= 15 is 0 Å². The van der Waals surface area contributed by atoms with E-state index in [2.05, 4.69) is 30.7 Å². The molecule has 0 bridgehead atoms. The second kappa shape index (κ2) is 11.2. The van der Waals surface area contributed by atoms with E-state index in [0.29, 0.717) is 16.9 Å². The van der Waals surface area contributed by atoms with E-state index < -0.39 is 23.4 Å². The molecule has 3 aromatic carbocycles. The van der Waals surface area contributed by atoms with E-state index in [1.54, 1.807) is 23.0 Å². The number of ether oxygens (including phenoxy) is 1. The van der Waals surface area contributed by atoms with E-state index in [1.807, 2.05) is 6.07 Å². The maximum Gasteiger partial charge on any atom is 0.573 e. The zero-order valence-corrected chi connectivity index (χ0v) is 23.8. The Balaban J connectivity index is 1.47. The van der Waals surface area contributed by atoms with Crippen LogP contribution in [0.5, 0.6) is 5.75 Å². The summed E-state index contributed by atoms with van der Waals surface area (Å²) >= 11 is 12.7. The fraction of sp³-hybridized carbons (Fsp3) is 0.172. The van der Waals surface area contributed by atoms with Gasteiger partial charge in [0.15, 0.2) is 5.75 Å². The van der Waals surface area contributed by atoms with Crippen LogP contribution in [0.4, 0.5) is 34.6 Å². The molecule has 0 spiro atoms. The lowest BCUT2D eigenvalue weighted by Gasteiger charge is -2.32. The molecule has 1 saturated carbocycles. The molecule has 1 aliphatic carbocycles. The predicted octanol–water partition coefficient (Wildman–Crippen LogP) is 7.60. The van der Waals surface area contributed by atoms with E-state index in [0.717, 1.165) is 12.8 Å². The molecular weight excluding hydrogens is 620 g/mol. The summed E-state index contributed by atoms with van der Waals surface area (Å²) in [6, 6.07) is 14.8. The third-order valence-electron chi connectivity index (χ3n) is 6.97. The molecule has 8 nitrogen and oxygen atoms in total. The van der Waals surface area contributed by atoms with Crippen molar-refractivity contribution in [3.63, 3.8) is 0 Å². The minimum absolute atomic E-state index is 0.00595. The average Bonchev–Trinajstić information content (AvgIpc) is 3.70. The summed E-state index contributed by atoms with van der Waals surface area (Å²) in [5.74, 6) is -1.15. The standard InChI is InChI=1S/C29H18BCl2F4N7O/c30-28(16-4-6-17(33)7-5-16,24-14-43(42-41-24)19-8-9-19)40-18-10-20-25(15(12-37)13-38-26(20)22(32)11-18)39-23-3-1-2-21(31)27(23)44-29(34,35)36/h1-7,10-11,13-14,19,40H,8-9H2,(H,38,39). The van der Waals surface area contributed by atoms with Gasteiger partial charge in [-0.2, -0.15) is 5.26 Å². The van der Waals surface area contributed by atoms with Crippen LogP contribution in [-0.4, -0.2) is 34.2 Å². The predicted molar refractivity (Wildman–Crippen MR) is 158 cm³/mol. The minimum atomic E-state index is -5.04. The van der Waals surface area contributed by atoms with Gasteiger partial charge in [-0.15, -0.1) is 18.3 Å². The molecule has 0 amide bonds. The van der Waals surface area contributed by atoms with Crippen LogP contribution in [0.25, 0.3) is 10.9 Å². The number of hydrogen-bond donors (Lipinski definition) is 2. The van der Waals surface area contributed by atoms with Crippen LogP contribution >= 0.6 is 23.2 Å². The quantitative estimate of drug-likeness (QED) is 0.133. The first-order valence-electron chi connectivity index (χ1n) is 13.0. The summed E-state index contributed by atoms with van der Waals surface area (Å²) in [7, 11) is 6.95. The van der Waals surface area contributed by atoms with Crippen molar-refractivity contribution in [2.24, 2.45) is 0 Å². The van der Waals surface area contributed by atoms with Crippen LogP contribution in [0.2, 0.25) is 10.0 Å². The molecule has 1 aliphatic rings. The summed E-state index contributed by atoms with van der Waals surface area (Å²) in [6.07, 6.45) is -0.179. The van der Waals surface area contributed by atoms with Crippen molar-refractivity contribution in [2.75, 3.05) is 10.6 Å². The van der Waals surface area contributed by atoms with E-state index in [4.69, 9.17) is 31.0 Å². The number of nitrogens with one attached hydrogen (secondary N) is 2. The molecule has 2 heterocycles. The van der Waals surface area contributed by atoms with Gasteiger partial charge in [-0.1, -0.05) is 46.6 Å². The number of alkyl halides is 3. The van der Waals surface area contributed by atoms with Gasteiger partial charge < -0.3 is 15.4 Å². The fourth-order valence-corrected chi connectivity index (χ4v) is 5.19. The van der Waals surface area contributed by atoms with Crippen molar-refractivity contribution in [1.82, 2.24) is 20.0 Å². The largest absolute Gasteiger partial charge is 0.573 e. The molecule has 0 aliphatic heterocycles. The normalized spacial score (nSPS) is 14.6. The highest BCUT2D eigenvalue weighted by atomic mass is 35.5. The van der Waals surface area contributed by atoms with Gasteiger partial charge in [-0.05, 0) is 54.8 Å². The second-order valence-electron chi connectivity index (χ2n) is 10.1. The van der Waals surface area contributed by atoms with Crippen LogP contribution in [0, 0.1) is 17.1 Å². The molecule has 2 radical (unpaired) electrons. The first-order valence-corrected chi connectivity index (χ1v) is 13.8. The number of nitrogens with zero attached hydrogens (tertiary/aromatic N) is 5. The Morgan fingerprint density at radius 1 is 1.07 bits per heavy atom. The number of rotatable bonds is 8. The van der Waals surface area contributed by atoms with Crippen molar-refractivity contribution in [2.45, 2.75) is 30.7 Å². The lowest BCUT2D eigenvalue weighted by atomic mass is 9.69. The molecule has 0 saturated heterocycles. The Labute approximate surface area is 259 Å². The van der Waals surface area contributed by atoms with Crippen molar-refractivity contribution >= 4 is 59.0 Å². The third kappa shape index (κ3) is 5.83. The number of anilines is 3. The van der Waals surface area contributed by atoms with Gasteiger partial charge in [0.2, 0.25) is 0 Å². The highest BCUT2D eigenvalue weighted by Gasteiger charge is 2.35. The topological polar surface area (TPSA) is 101 Å². The number of pyridine rings is 1. The highest BCUT2D eigenvalue weighted by Crippen LogP contribution is 2.42. The monoisotopic (exact) mass is 637 g/mol. The number of hydrogen-bond acceptors (Lipinski definition) is 7. The first kappa shape index (κ1) is 29.5. The molecule has 2 N–H and O–H groups in total. The molecule has 1 fully saturated rings. The maximum absolute atomic E-state index is 13.9. The average molecular weight is 638 g/mol. The molecule has 1 unspecified atom stereocenters. The Bertz CT molecular complexity index is 1930. The van der Waals surface area contributed by atoms with Crippen molar-refractivity contribution in [1.29, 1.82) is 5.26 Å². The zero-order valence-electron chi connectivity index (χ0n) is 22.3. The Hall–Kier alpha value is -4.54. The number of nitriles is 1. The van der Waals surface area contributed by atoms with Crippen LogP contribution in [0.1, 0.15) is 35.7 Å². The number of para-hydroxylation sites is 1. The van der Waals surface area contributed by atoms with Crippen LogP contribution < -0.4 is 15.4 Å². The molecule has 5 aromatic rings. The first-order chi connectivity index (χ1) is 20.9. The van der Waals surface area contributed by atoms with E-state index in [1.165, 1.54) is 48.7 Å². The molecule has 6 rings (SSSR count). The molecular formula is C29H18BCl2F4N7O. The Kier molecular flexibility index (Phi) is 7.51. The van der Waals surface area contributed by atoms with Gasteiger partial charge >= 0.3 is 6.36 Å². The van der Waals surface area contributed by atoms with Gasteiger partial charge in [-0.3, -0.25) is 4.98 Å². The molecule has 44 heavy (non-hydrogen) atoms. The van der Waals surface area contributed by atoms with Gasteiger partial charge in [0.25, 0.3) is 0 Å². The highest BCUT2D eigenvalue weighted by molar-refractivity contribution is 6.36. The maximum atomic E-state index is 13.9. The van der Waals surface area contributed by atoms with Crippen LogP contribution in [-0.2, 0) is 5.44 Å². The summed E-state index contributed by atoms with van der Waals surface area (Å²) < 4.78 is 59.4. The van der Waals surface area contributed by atoms with Gasteiger partial charge in [-0.25, -0.2) is 9.07 Å². The van der Waals surface area contributed by atoms with Crippen molar-refractivity contribution < 1.29 is 22.3 Å². The van der Waals surface area contributed by atoms with Crippen molar-refractivity contribution in [3.8, 4) is 11.8 Å². The SMILES string of the molecule is [B]C(Nc1cc(Cl)c2ncc(C#N)c(Nc3cccc(Cl)c3OC(F)(F)F)c2c1)(c1ccc(F)cc1)c1cn(C2CC2)nn1. The van der Waals surface area contributed by atoms with Crippen molar-refractivity contribution in [3.05, 3.63) is 99.7 Å². The summed E-state index contributed by atoms with van der Waals surface area (Å²) in [4.78, 5) is 4.29. The summed E-state index contributed by atoms with van der Waals surface area (Å²) in [6.45, 7) is 0. The smallest absolute Gasteiger partial charge is 0.402 e. The van der Waals surface area contributed by atoms with Gasteiger partial charge in [0, 0.05) is 17.3 Å². The molecule has 220 valence electrons. The Morgan fingerprint density at radius 3 is 2.50 bits per heavy atom. The van der Waals surface area contributed by atoms with Gasteiger partial charge in [0.05, 0.1) is 50.2 Å². The van der Waals surface area contributed by atoms with E-state index in [9.17, 15) is 22.8 Å². The molecule has 2 aromatic heterocycles. The number of benzene rings is 3. The molecule has 15 heteroatoms. The number of fused-ring (bicyclic) bond motifs is 1. The summed E-state index contributed by atoms with van der Waals surface area (Å²) in [5.41, 5.74) is -0.266. The summed E-state index contributed by atoms with van der Waals surface area (Å²) in [5, 5.41) is 24.5.